The molecule has 1 heteroatoms. The molecular formula is C12H16O. The van der Waals surface area contributed by atoms with Crippen LogP contribution in [-0.4, -0.2) is 12.7 Å². The van der Waals surface area contributed by atoms with Crippen molar-refractivity contribution in [3.05, 3.63) is 35.9 Å². The Kier molecular flexibility index (Phi) is 2.65. The van der Waals surface area contributed by atoms with Gasteiger partial charge in [0.25, 0.3) is 0 Å². The SMILES string of the molecule is C[C@H](Cc1ccccc1)C[C@H]1CO1. The summed E-state index contributed by atoms with van der Waals surface area (Å²) < 4.78 is 5.22. The third kappa shape index (κ3) is 2.85. The number of ether oxygens (including phenoxy) is 1. The van der Waals surface area contributed by atoms with Crippen molar-refractivity contribution in [2.75, 3.05) is 6.61 Å². The lowest BCUT2D eigenvalue weighted by Crippen LogP contribution is -2.03. The van der Waals surface area contributed by atoms with Crippen LogP contribution >= 0.6 is 0 Å². The Balaban J connectivity index is 1.82. The summed E-state index contributed by atoms with van der Waals surface area (Å²) >= 11 is 0. The van der Waals surface area contributed by atoms with Crippen molar-refractivity contribution < 1.29 is 4.74 Å². The molecule has 0 aromatic heterocycles. The third-order valence-corrected chi connectivity index (χ3v) is 2.49. The fourth-order valence-corrected chi connectivity index (χ4v) is 1.75. The van der Waals surface area contributed by atoms with Crippen LogP contribution in [0.5, 0.6) is 0 Å². The van der Waals surface area contributed by atoms with Crippen molar-refractivity contribution in [1.82, 2.24) is 0 Å². The molecule has 1 aromatic carbocycles. The number of hydrogen-bond acceptors (Lipinski definition) is 1. The number of benzene rings is 1. The monoisotopic (exact) mass is 176 g/mol. The highest BCUT2D eigenvalue weighted by Crippen LogP contribution is 2.21. The first kappa shape index (κ1) is 8.76. The maximum absolute atomic E-state index is 5.22. The van der Waals surface area contributed by atoms with Gasteiger partial charge in [0.05, 0.1) is 12.7 Å². The van der Waals surface area contributed by atoms with E-state index in [4.69, 9.17) is 4.74 Å². The highest BCUT2D eigenvalue weighted by molar-refractivity contribution is 5.15. The fourth-order valence-electron chi connectivity index (χ4n) is 1.75. The lowest BCUT2D eigenvalue weighted by Gasteiger charge is -2.08. The largest absolute Gasteiger partial charge is 0.373 e. The molecule has 0 bridgehead atoms. The minimum absolute atomic E-state index is 0.568. The first-order valence-corrected chi connectivity index (χ1v) is 5.00. The molecule has 70 valence electrons. The molecule has 0 amide bonds. The van der Waals surface area contributed by atoms with Gasteiger partial charge in [0, 0.05) is 0 Å². The minimum Gasteiger partial charge on any atom is -0.373 e. The van der Waals surface area contributed by atoms with Crippen LogP contribution < -0.4 is 0 Å². The minimum atomic E-state index is 0.568. The van der Waals surface area contributed by atoms with Crippen molar-refractivity contribution in [3.8, 4) is 0 Å². The van der Waals surface area contributed by atoms with Gasteiger partial charge in [0.2, 0.25) is 0 Å². The molecule has 0 N–H and O–H groups in total. The smallest absolute Gasteiger partial charge is 0.0812 e. The molecule has 1 saturated heterocycles. The van der Waals surface area contributed by atoms with Crippen molar-refractivity contribution in [3.63, 3.8) is 0 Å². The van der Waals surface area contributed by atoms with Gasteiger partial charge < -0.3 is 4.74 Å². The van der Waals surface area contributed by atoms with Gasteiger partial charge in [-0.2, -0.15) is 0 Å². The molecule has 1 heterocycles. The lowest BCUT2D eigenvalue weighted by molar-refractivity contribution is 0.361. The second-order valence-corrected chi connectivity index (χ2v) is 3.99. The van der Waals surface area contributed by atoms with Crippen molar-refractivity contribution in [2.45, 2.75) is 25.9 Å². The van der Waals surface area contributed by atoms with E-state index >= 15 is 0 Å². The molecule has 0 radical (unpaired) electrons. The van der Waals surface area contributed by atoms with Crippen LogP contribution in [0, 0.1) is 5.92 Å². The normalized spacial score (nSPS) is 22.7. The van der Waals surface area contributed by atoms with Crippen LogP contribution in [0.1, 0.15) is 18.9 Å². The Bertz CT molecular complexity index is 251. The van der Waals surface area contributed by atoms with E-state index in [1.807, 2.05) is 0 Å². The molecule has 0 unspecified atom stereocenters. The summed E-state index contributed by atoms with van der Waals surface area (Å²) in [6.07, 6.45) is 2.97. The molecule has 2 atom stereocenters. The zero-order valence-corrected chi connectivity index (χ0v) is 8.07. The highest BCUT2D eigenvalue weighted by Gasteiger charge is 2.24. The summed E-state index contributed by atoms with van der Waals surface area (Å²) in [5.41, 5.74) is 1.44. The Morgan fingerprint density at radius 1 is 1.38 bits per heavy atom. The van der Waals surface area contributed by atoms with Crippen LogP contribution in [0.25, 0.3) is 0 Å². The summed E-state index contributed by atoms with van der Waals surface area (Å²) in [5.74, 6) is 0.745. The third-order valence-electron chi connectivity index (χ3n) is 2.49. The van der Waals surface area contributed by atoms with Crippen LogP contribution in [0.3, 0.4) is 0 Å². The molecule has 2 rings (SSSR count). The van der Waals surface area contributed by atoms with Gasteiger partial charge in [0.1, 0.15) is 0 Å². The Morgan fingerprint density at radius 3 is 2.69 bits per heavy atom. The molecular weight excluding hydrogens is 160 g/mol. The van der Waals surface area contributed by atoms with Crippen molar-refractivity contribution in [1.29, 1.82) is 0 Å². The second kappa shape index (κ2) is 3.93. The summed E-state index contributed by atoms with van der Waals surface area (Å²) in [5, 5.41) is 0. The maximum Gasteiger partial charge on any atom is 0.0812 e. The molecule has 1 fully saturated rings. The highest BCUT2D eigenvalue weighted by atomic mass is 16.6. The molecule has 0 saturated carbocycles. The summed E-state index contributed by atoms with van der Waals surface area (Å²) in [6, 6.07) is 10.7. The molecule has 13 heavy (non-hydrogen) atoms. The van der Waals surface area contributed by atoms with Gasteiger partial charge in [0.15, 0.2) is 0 Å². The van der Waals surface area contributed by atoms with Gasteiger partial charge in [-0.05, 0) is 24.3 Å². The summed E-state index contributed by atoms with van der Waals surface area (Å²) in [4.78, 5) is 0. The standard InChI is InChI=1S/C12H16O/c1-10(8-12-9-13-12)7-11-5-3-2-4-6-11/h2-6,10,12H,7-9H2,1H3/t10-,12+/m1/s1. The topological polar surface area (TPSA) is 12.5 Å². The summed E-state index contributed by atoms with van der Waals surface area (Å²) in [7, 11) is 0. The van der Waals surface area contributed by atoms with Crippen LogP contribution in [0.15, 0.2) is 30.3 Å². The average molecular weight is 176 g/mol. The molecule has 1 aromatic rings. The molecule has 1 aliphatic heterocycles. The van der Waals surface area contributed by atoms with E-state index in [1.54, 1.807) is 0 Å². The average Bonchev–Trinajstić information content (AvgIpc) is 2.90. The lowest BCUT2D eigenvalue weighted by atomic mass is 9.97. The molecule has 0 spiro atoms. The van der Waals surface area contributed by atoms with Gasteiger partial charge in [-0.1, -0.05) is 37.3 Å². The fraction of sp³-hybridized carbons (Fsp3) is 0.500. The van der Waals surface area contributed by atoms with Gasteiger partial charge in [-0.15, -0.1) is 0 Å². The van der Waals surface area contributed by atoms with Gasteiger partial charge in [-0.3, -0.25) is 0 Å². The zero-order chi connectivity index (χ0) is 9.10. The molecule has 1 nitrogen and oxygen atoms in total. The first-order valence-electron chi connectivity index (χ1n) is 5.00. The Labute approximate surface area is 79.7 Å². The van der Waals surface area contributed by atoms with E-state index in [0.29, 0.717) is 6.10 Å². The van der Waals surface area contributed by atoms with Gasteiger partial charge >= 0.3 is 0 Å². The molecule has 0 aliphatic carbocycles. The van der Waals surface area contributed by atoms with E-state index in [-0.39, 0.29) is 0 Å². The van der Waals surface area contributed by atoms with E-state index < -0.39 is 0 Å². The predicted molar refractivity (Wildman–Crippen MR) is 53.7 cm³/mol. The van der Waals surface area contributed by atoms with E-state index in [9.17, 15) is 0 Å². The zero-order valence-electron chi connectivity index (χ0n) is 8.07. The predicted octanol–water partition coefficient (Wildman–Crippen LogP) is 2.65. The first-order chi connectivity index (χ1) is 6.34. The van der Waals surface area contributed by atoms with Crippen LogP contribution in [0.2, 0.25) is 0 Å². The van der Waals surface area contributed by atoms with E-state index in [2.05, 4.69) is 37.3 Å². The van der Waals surface area contributed by atoms with E-state index in [1.165, 1.54) is 18.4 Å². The second-order valence-electron chi connectivity index (χ2n) is 3.99. The number of rotatable bonds is 4. The Hall–Kier alpha value is -0.820. The van der Waals surface area contributed by atoms with Crippen molar-refractivity contribution in [2.24, 2.45) is 5.92 Å². The quantitative estimate of drug-likeness (QED) is 0.642. The van der Waals surface area contributed by atoms with Crippen molar-refractivity contribution >= 4 is 0 Å². The Morgan fingerprint density at radius 2 is 2.08 bits per heavy atom. The number of hydrogen-bond donors (Lipinski definition) is 0. The van der Waals surface area contributed by atoms with Crippen LogP contribution in [-0.2, 0) is 11.2 Å². The number of epoxide rings is 1. The summed E-state index contributed by atoms with van der Waals surface area (Å²) in [6.45, 7) is 3.29. The van der Waals surface area contributed by atoms with Crippen LogP contribution in [0.4, 0.5) is 0 Å². The maximum atomic E-state index is 5.22. The van der Waals surface area contributed by atoms with Gasteiger partial charge in [-0.25, -0.2) is 0 Å². The molecule has 1 aliphatic rings. The van der Waals surface area contributed by atoms with E-state index in [0.717, 1.165) is 12.5 Å².